The monoisotopic (exact) mass is 476 g/mol. The molecule has 0 atom stereocenters. The SMILES string of the molecule is COc1ccc(-c2csc(-n3ncc(C(=O)NCc4ccc(F)cc4)c3C(F)(F)F)n2)cc1. The van der Waals surface area contributed by atoms with Gasteiger partial charge in [-0.25, -0.2) is 14.1 Å². The summed E-state index contributed by atoms with van der Waals surface area (Å²) in [5, 5.41) is 7.77. The number of halogens is 4. The summed E-state index contributed by atoms with van der Waals surface area (Å²) in [6.07, 6.45) is -4.00. The van der Waals surface area contributed by atoms with E-state index in [9.17, 15) is 22.4 Å². The molecule has 0 spiro atoms. The van der Waals surface area contributed by atoms with Crippen LogP contribution in [0.15, 0.2) is 60.1 Å². The fourth-order valence-corrected chi connectivity index (χ4v) is 3.86. The number of methoxy groups -OCH3 is 1. The topological polar surface area (TPSA) is 69.0 Å². The van der Waals surface area contributed by atoms with E-state index >= 15 is 0 Å². The van der Waals surface area contributed by atoms with Crippen molar-refractivity contribution in [3.8, 4) is 22.1 Å². The first-order valence-electron chi connectivity index (χ1n) is 9.54. The van der Waals surface area contributed by atoms with E-state index in [2.05, 4.69) is 15.4 Å². The van der Waals surface area contributed by atoms with E-state index < -0.39 is 29.2 Å². The minimum atomic E-state index is -4.86. The minimum Gasteiger partial charge on any atom is -0.497 e. The van der Waals surface area contributed by atoms with Gasteiger partial charge < -0.3 is 10.1 Å². The maximum Gasteiger partial charge on any atom is 0.434 e. The Labute approximate surface area is 189 Å². The molecule has 0 saturated carbocycles. The van der Waals surface area contributed by atoms with Gasteiger partial charge in [-0.3, -0.25) is 4.79 Å². The lowest BCUT2D eigenvalue weighted by molar-refractivity contribution is -0.143. The molecule has 1 amide bonds. The van der Waals surface area contributed by atoms with Crippen LogP contribution in [0.5, 0.6) is 5.75 Å². The molecule has 6 nitrogen and oxygen atoms in total. The average molecular weight is 476 g/mol. The summed E-state index contributed by atoms with van der Waals surface area (Å²) in [5.74, 6) is -0.773. The van der Waals surface area contributed by atoms with Crippen molar-refractivity contribution in [1.29, 1.82) is 0 Å². The molecule has 0 aliphatic carbocycles. The highest BCUT2D eigenvalue weighted by molar-refractivity contribution is 7.12. The van der Waals surface area contributed by atoms with Gasteiger partial charge in [0.25, 0.3) is 5.91 Å². The molecule has 33 heavy (non-hydrogen) atoms. The van der Waals surface area contributed by atoms with Crippen LogP contribution in [-0.2, 0) is 12.7 Å². The second-order valence-corrected chi connectivity index (χ2v) is 7.71. The Bertz CT molecular complexity index is 1270. The Hall–Kier alpha value is -3.73. The number of alkyl halides is 3. The number of ether oxygens (including phenoxy) is 1. The van der Waals surface area contributed by atoms with Gasteiger partial charge in [0.2, 0.25) is 5.13 Å². The summed E-state index contributed by atoms with van der Waals surface area (Å²) in [7, 11) is 1.53. The van der Waals surface area contributed by atoms with Crippen LogP contribution in [0.25, 0.3) is 16.4 Å². The van der Waals surface area contributed by atoms with Crippen molar-refractivity contribution in [3.05, 3.63) is 82.7 Å². The van der Waals surface area contributed by atoms with E-state index in [-0.39, 0.29) is 11.7 Å². The average Bonchev–Trinajstić information content (AvgIpc) is 3.46. The number of amides is 1. The number of carbonyl (C=O) groups excluding carboxylic acids is 1. The molecule has 0 fully saturated rings. The fourth-order valence-electron chi connectivity index (χ4n) is 3.07. The molecule has 4 aromatic rings. The van der Waals surface area contributed by atoms with E-state index in [4.69, 9.17) is 4.74 Å². The normalized spacial score (nSPS) is 11.4. The van der Waals surface area contributed by atoms with Crippen LogP contribution in [0.2, 0.25) is 0 Å². The first-order chi connectivity index (χ1) is 15.8. The number of carbonyl (C=O) groups is 1. The second-order valence-electron chi connectivity index (χ2n) is 6.87. The van der Waals surface area contributed by atoms with Crippen molar-refractivity contribution < 1.29 is 27.1 Å². The molecule has 0 unspecified atom stereocenters. The number of benzene rings is 2. The zero-order valence-electron chi connectivity index (χ0n) is 17.1. The van der Waals surface area contributed by atoms with Crippen molar-refractivity contribution in [2.75, 3.05) is 7.11 Å². The number of rotatable bonds is 6. The predicted octanol–water partition coefficient (Wildman–Crippen LogP) is 5.09. The van der Waals surface area contributed by atoms with Crippen molar-refractivity contribution in [3.63, 3.8) is 0 Å². The molecule has 1 N–H and O–H groups in total. The summed E-state index contributed by atoms with van der Waals surface area (Å²) < 4.78 is 60.4. The maximum atomic E-state index is 13.9. The molecule has 4 rings (SSSR count). The molecular formula is C22H16F4N4O2S. The van der Waals surface area contributed by atoms with Crippen LogP contribution >= 0.6 is 11.3 Å². The predicted molar refractivity (Wildman–Crippen MR) is 114 cm³/mol. The maximum absolute atomic E-state index is 13.9. The van der Waals surface area contributed by atoms with Crippen LogP contribution in [-0.4, -0.2) is 27.8 Å². The highest BCUT2D eigenvalue weighted by Crippen LogP contribution is 2.35. The standard InChI is InChI=1S/C22H16F4N4O2S/c1-32-16-8-4-14(5-9-16)18-12-33-21(29-18)30-19(22(24,25)26)17(11-28-30)20(31)27-10-13-2-6-15(23)7-3-13/h2-9,11-12H,10H2,1H3,(H,27,31). The molecule has 0 radical (unpaired) electrons. The Morgan fingerprint density at radius 2 is 1.82 bits per heavy atom. The number of nitrogens with one attached hydrogen (secondary N) is 1. The number of nitrogens with zero attached hydrogens (tertiary/aromatic N) is 3. The van der Waals surface area contributed by atoms with Gasteiger partial charge in [0.1, 0.15) is 11.6 Å². The van der Waals surface area contributed by atoms with Crippen LogP contribution in [0, 0.1) is 5.82 Å². The van der Waals surface area contributed by atoms with Gasteiger partial charge in [0, 0.05) is 17.5 Å². The van der Waals surface area contributed by atoms with E-state index in [0.29, 0.717) is 27.3 Å². The summed E-state index contributed by atoms with van der Waals surface area (Å²) in [5.41, 5.74) is -0.171. The Kier molecular flexibility index (Phi) is 6.14. The van der Waals surface area contributed by atoms with Crippen LogP contribution < -0.4 is 10.1 Å². The van der Waals surface area contributed by atoms with Gasteiger partial charge in [-0.2, -0.15) is 18.3 Å². The van der Waals surface area contributed by atoms with Gasteiger partial charge in [0.05, 0.1) is 24.6 Å². The highest BCUT2D eigenvalue weighted by atomic mass is 32.1. The van der Waals surface area contributed by atoms with Crippen LogP contribution in [0.4, 0.5) is 17.6 Å². The van der Waals surface area contributed by atoms with E-state index in [1.165, 1.54) is 31.4 Å². The molecule has 2 heterocycles. The summed E-state index contributed by atoms with van der Waals surface area (Å²) >= 11 is 0.965. The third kappa shape index (κ3) is 4.87. The minimum absolute atomic E-state index is 0.0364. The highest BCUT2D eigenvalue weighted by Gasteiger charge is 2.41. The van der Waals surface area contributed by atoms with E-state index in [1.54, 1.807) is 29.6 Å². The van der Waals surface area contributed by atoms with Gasteiger partial charge >= 0.3 is 6.18 Å². The zero-order valence-corrected chi connectivity index (χ0v) is 17.9. The fraction of sp³-hybridized carbons (Fsp3) is 0.136. The third-order valence-corrected chi connectivity index (χ3v) is 5.52. The van der Waals surface area contributed by atoms with Gasteiger partial charge in [-0.1, -0.05) is 12.1 Å². The molecule has 2 aromatic carbocycles. The molecule has 11 heteroatoms. The number of hydrogen-bond acceptors (Lipinski definition) is 5. The summed E-state index contributed by atoms with van der Waals surface area (Å²) in [6.45, 7) is -0.0690. The molecule has 0 bridgehead atoms. The lowest BCUT2D eigenvalue weighted by atomic mass is 10.2. The molecule has 0 saturated heterocycles. The summed E-state index contributed by atoms with van der Waals surface area (Å²) in [4.78, 5) is 16.8. The Balaban J connectivity index is 1.61. The second kappa shape index (κ2) is 9.02. The van der Waals surface area contributed by atoms with Crippen LogP contribution in [0.1, 0.15) is 21.6 Å². The zero-order chi connectivity index (χ0) is 23.6. The van der Waals surface area contributed by atoms with Gasteiger partial charge in [0.15, 0.2) is 5.69 Å². The molecule has 0 aliphatic rings. The molecule has 2 aromatic heterocycles. The third-order valence-electron chi connectivity index (χ3n) is 4.71. The van der Waals surface area contributed by atoms with E-state index in [0.717, 1.165) is 17.5 Å². The molecular weight excluding hydrogens is 460 g/mol. The first kappa shape index (κ1) is 22.5. The number of hydrogen-bond donors (Lipinski definition) is 1. The quantitative estimate of drug-likeness (QED) is 0.394. The van der Waals surface area contributed by atoms with Crippen molar-refractivity contribution >= 4 is 17.2 Å². The summed E-state index contributed by atoms with van der Waals surface area (Å²) in [6, 6.07) is 12.2. The van der Waals surface area contributed by atoms with Gasteiger partial charge in [-0.05, 0) is 42.0 Å². The van der Waals surface area contributed by atoms with Crippen molar-refractivity contribution in [1.82, 2.24) is 20.1 Å². The number of aromatic nitrogens is 3. The Morgan fingerprint density at radius 1 is 1.12 bits per heavy atom. The smallest absolute Gasteiger partial charge is 0.434 e. The van der Waals surface area contributed by atoms with Crippen molar-refractivity contribution in [2.45, 2.75) is 12.7 Å². The van der Waals surface area contributed by atoms with Gasteiger partial charge in [-0.15, -0.1) is 11.3 Å². The van der Waals surface area contributed by atoms with Crippen molar-refractivity contribution in [2.24, 2.45) is 0 Å². The number of thiazole rings is 1. The van der Waals surface area contributed by atoms with Crippen LogP contribution in [0.3, 0.4) is 0 Å². The lowest BCUT2D eigenvalue weighted by Crippen LogP contribution is -2.26. The lowest BCUT2D eigenvalue weighted by Gasteiger charge is -2.11. The van der Waals surface area contributed by atoms with E-state index in [1.807, 2.05) is 0 Å². The largest absolute Gasteiger partial charge is 0.497 e. The molecule has 170 valence electrons. The Morgan fingerprint density at radius 3 is 2.45 bits per heavy atom. The molecule has 0 aliphatic heterocycles. The first-order valence-corrected chi connectivity index (χ1v) is 10.4.